The lowest BCUT2D eigenvalue weighted by atomic mass is 9.81. The van der Waals surface area contributed by atoms with Gasteiger partial charge in [-0.25, -0.2) is 0 Å². The first-order chi connectivity index (χ1) is 11.5. The highest BCUT2D eigenvalue weighted by atomic mass is 35.5. The third kappa shape index (κ3) is 2.13. The summed E-state index contributed by atoms with van der Waals surface area (Å²) in [5.74, 6) is -0.255. The Hall–Kier alpha value is -2.07. The summed E-state index contributed by atoms with van der Waals surface area (Å²) >= 11 is 6.45. The van der Waals surface area contributed by atoms with Crippen LogP contribution in [0.5, 0.6) is 0 Å². The van der Waals surface area contributed by atoms with Crippen LogP contribution in [-0.4, -0.2) is 17.0 Å². The number of halogens is 1. The van der Waals surface area contributed by atoms with E-state index in [0.29, 0.717) is 11.6 Å². The summed E-state index contributed by atoms with van der Waals surface area (Å²) in [4.78, 5) is 27.2. The van der Waals surface area contributed by atoms with Crippen LogP contribution in [0.4, 0.5) is 5.69 Å². The van der Waals surface area contributed by atoms with Crippen LogP contribution >= 0.6 is 11.6 Å². The molecule has 4 rings (SSSR count). The molecule has 1 aromatic heterocycles. The number of hydrogen-bond donors (Lipinski definition) is 0. The number of nitrogens with zero attached hydrogens (tertiary/aromatic N) is 2. The van der Waals surface area contributed by atoms with Crippen molar-refractivity contribution in [2.75, 3.05) is 11.4 Å². The van der Waals surface area contributed by atoms with Crippen molar-refractivity contribution in [2.45, 2.75) is 31.1 Å². The van der Waals surface area contributed by atoms with Crippen LogP contribution in [0.1, 0.15) is 41.6 Å². The van der Waals surface area contributed by atoms with Crippen molar-refractivity contribution in [1.82, 2.24) is 4.57 Å². The highest BCUT2D eigenvalue weighted by molar-refractivity contribution is 6.34. The Morgan fingerprint density at radius 3 is 2.67 bits per heavy atom. The molecule has 124 valence electrons. The Labute approximate surface area is 145 Å². The molecule has 1 fully saturated rings. The minimum atomic E-state index is -0.275. The molecule has 2 aromatic rings. The van der Waals surface area contributed by atoms with Crippen LogP contribution in [0.25, 0.3) is 0 Å². The summed E-state index contributed by atoms with van der Waals surface area (Å²) in [6.07, 6.45) is 6.12. The van der Waals surface area contributed by atoms with Crippen molar-refractivity contribution in [1.29, 1.82) is 0 Å². The maximum absolute atomic E-state index is 13.1. The number of benzene rings is 1. The van der Waals surface area contributed by atoms with Crippen molar-refractivity contribution in [2.24, 2.45) is 7.05 Å². The zero-order valence-electron chi connectivity index (χ0n) is 13.6. The molecule has 1 spiro atoms. The number of amides is 1. The Balaban J connectivity index is 1.84. The number of hydrogen-bond acceptors (Lipinski definition) is 2. The van der Waals surface area contributed by atoms with E-state index in [1.165, 1.54) is 17.4 Å². The summed E-state index contributed by atoms with van der Waals surface area (Å²) in [5.41, 5.74) is 1.87. The van der Waals surface area contributed by atoms with E-state index >= 15 is 0 Å². The van der Waals surface area contributed by atoms with Crippen LogP contribution in [0.15, 0.2) is 41.3 Å². The monoisotopic (exact) mass is 342 g/mol. The fourth-order valence-electron chi connectivity index (χ4n) is 4.24. The molecule has 0 saturated heterocycles. The van der Waals surface area contributed by atoms with Gasteiger partial charge in [0.15, 0.2) is 0 Å². The lowest BCUT2D eigenvalue weighted by molar-refractivity contribution is 0.0983. The minimum absolute atomic E-state index is 0.00406. The van der Waals surface area contributed by atoms with Gasteiger partial charge in [0.25, 0.3) is 11.5 Å². The molecule has 5 heteroatoms. The van der Waals surface area contributed by atoms with Crippen molar-refractivity contribution < 1.29 is 4.79 Å². The Kier molecular flexibility index (Phi) is 3.53. The van der Waals surface area contributed by atoms with E-state index in [0.717, 1.165) is 24.1 Å². The predicted molar refractivity (Wildman–Crippen MR) is 95.0 cm³/mol. The predicted octanol–water partition coefficient (Wildman–Crippen LogP) is 3.51. The van der Waals surface area contributed by atoms with Gasteiger partial charge in [-0.3, -0.25) is 9.59 Å². The fourth-order valence-corrected chi connectivity index (χ4v) is 4.52. The van der Waals surface area contributed by atoms with Crippen LogP contribution in [0.3, 0.4) is 0 Å². The van der Waals surface area contributed by atoms with Gasteiger partial charge in [0.05, 0.1) is 10.7 Å². The van der Waals surface area contributed by atoms with Crippen LogP contribution < -0.4 is 10.5 Å². The number of rotatable bonds is 1. The lowest BCUT2D eigenvalue weighted by Crippen LogP contribution is -2.38. The molecule has 24 heavy (non-hydrogen) atoms. The van der Waals surface area contributed by atoms with Gasteiger partial charge in [-0.05, 0) is 36.6 Å². The van der Waals surface area contributed by atoms with Gasteiger partial charge < -0.3 is 9.47 Å². The molecule has 1 aromatic carbocycles. The van der Waals surface area contributed by atoms with Crippen molar-refractivity contribution in [3.8, 4) is 0 Å². The quantitative estimate of drug-likeness (QED) is 0.796. The van der Waals surface area contributed by atoms with E-state index in [9.17, 15) is 9.59 Å². The van der Waals surface area contributed by atoms with E-state index in [1.807, 2.05) is 12.1 Å². The van der Waals surface area contributed by atoms with E-state index < -0.39 is 0 Å². The first-order valence-electron chi connectivity index (χ1n) is 8.30. The van der Waals surface area contributed by atoms with Crippen LogP contribution in [0, 0.1) is 0 Å². The number of fused-ring (bicyclic) bond motifs is 2. The van der Waals surface area contributed by atoms with Gasteiger partial charge in [0.2, 0.25) is 0 Å². The van der Waals surface area contributed by atoms with Crippen molar-refractivity contribution >= 4 is 23.2 Å². The molecule has 2 aliphatic rings. The molecule has 1 saturated carbocycles. The highest BCUT2D eigenvalue weighted by Gasteiger charge is 2.47. The largest absolute Gasteiger partial charge is 0.318 e. The average Bonchev–Trinajstić information content (AvgIpc) is 3.17. The molecule has 0 atom stereocenters. The smallest absolute Gasteiger partial charge is 0.263 e. The van der Waals surface area contributed by atoms with E-state index in [1.54, 1.807) is 30.3 Å². The Morgan fingerprint density at radius 2 is 1.92 bits per heavy atom. The summed E-state index contributed by atoms with van der Waals surface area (Å²) in [7, 11) is 1.66. The zero-order chi connectivity index (χ0) is 16.9. The molecule has 0 N–H and O–H groups in total. The Morgan fingerprint density at radius 1 is 1.17 bits per heavy atom. The molecule has 2 heterocycles. The van der Waals surface area contributed by atoms with Gasteiger partial charge in [-0.2, -0.15) is 0 Å². The third-order valence-electron chi connectivity index (χ3n) is 5.45. The SMILES string of the molecule is Cn1cccc(C(=O)N2CC3(CCCC3)c3cccc(Cl)c32)c1=O. The highest BCUT2D eigenvalue weighted by Crippen LogP contribution is 2.52. The van der Waals surface area contributed by atoms with Gasteiger partial charge in [0.1, 0.15) is 5.56 Å². The first kappa shape index (κ1) is 15.5. The maximum Gasteiger partial charge on any atom is 0.263 e. The second-order valence-corrected chi connectivity index (χ2v) is 7.26. The van der Waals surface area contributed by atoms with Crippen molar-refractivity contribution in [3.63, 3.8) is 0 Å². The van der Waals surface area contributed by atoms with Crippen molar-refractivity contribution in [3.05, 3.63) is 63.0 Å². The molecular formula is C19H19ClN2O2. The molecule has 0 radical (unpaired) electrons. The van der Waals surface area contributed by atoms with Gasteiger partial charge in [-0.15, -0.1) is 0 Å². The van der Waals surface area contributed by atoms with E-state index in [4.69, 9.17) is 11.6 Å². The molecule has 1 amide bonds. The van der Waals surface area contributed by atoms with E-state index in [2.05, 4.69) is 6.07 Å². The summed E-state index contributed by atoms with van der Waals surface area (Å²) < 4.78 is 1.43. The lowest BCUT2D eigenvalue weighted by Gasteiger charge is -2.24. The summed E-state index contributed by atoms with van der Waals surface area (Å²) in [6.45, 7) is 0.614. The first-order valence-corrected chi connectivity index (χ1v) is 8.68. The number of pyridine rings is 1. The molecular weight excluding hydrogens is 324 g/mol. The van der Waals surface area contributed by atoms with Gasteiger partial charge in [-0.1, -0.05) is 36.6 Å². The third-order valence-corrected chi connectivity index (χ3v) is 5.75. The number of carbonyl (C=O) groups is 1. The second-order valence-electron chi connectivity index (χ2n) is 6.85. The summed E-state index contributed by atoms with van der Waals surface area (Å²) in [5, 5.41) is 0.581. The number of aromatic nitrogens is 1. The van der Waals surface area contributed by atoms with Gasteiger partial charge in [0, 0.05) is 25.2 Å². The maximum atomic E-state index is 13.1. The molecule has 0 bridgehead atoms. The normalized spacial score (nSPS) is 18.2. The molecule has 0 unspecified atom stereocenters. The molecule has 1 aliphatic carbocycles. The number of aryl methyl sites for hydroxylation is 1. The minimum Gasteiger partial charge on any atom is -0.318 e. The summed E-state index contributed by atoms with van der Waals surface area (Å²) in [6, 6.07) is 9.18. The van der Waals surface area contributed by atoms with Gasteiger partial charge >= 0.3 is 0 Å². The molecule has 1 aliphatic heterocycles. The standard InChI is InChI=1S/C19H19ClN2O2/c1-21-11-5-6-13(17(21)23)18(24)22-12-19(9-2-3-10-19)14-7-4-8-15(20)16(14)22/h4-8,11H,2-3,9-10,12H2,1H3. The number of anilines is 1. The van der Waals surface area contributed by atoms with Crippen LogP contribution in [-0.2, 0) is 12.5 Å². The zero-order valence-corrected chi connectivity index (χ0v) is 14.3. The Bertz CT molecular complexity index is 881. The van der Waals surface area contributed by atoms with Crippen LogP contribution in [0.2, 0.25) is 5.02 Å². The fraction of sp³-hybridized carbons (Fsp3) is 0.368. The number of para-hydroxylation sites is 1. The second kappa shape index (κ2) is 5.49. The van der Waals surface area contributed by atoms with E-state index in [-0.39, 0.29) is 22.4 Å². The topological polar surface area (TPSA) is 42.3 Å². The molecule has 4 nitrogen and oxygen atoms in total. The number of carbonyl (C=O) groups excluding carboxylic acids is 1. The average molecular weight is 343 g/mol.